The van der Waals surface area contributed by atoms with Crippen molar-refractivity contribution in [3.63, 3.8) is 0 Å². The molecule has 2 N–H and O–H groups in total. The van der Waals surface area contributed by atoms with E-state index in [0.717, 1.165) is 33.5 Å². The molecule has 0 heterocycles. The lowest BCUT2D eigenvalue weighted by molar-refractivity contribution is -0.109. The molecule has 0 unspecified atom stereocenters. The molecular formula is C20H28N2O2S. The number of hydrogen-bond acceptors (Lipinski definition) is 5. The zero-order valence-corrected chi connectivity index (χ0v) is 16.5. The molecule has 1 rings (SSSR count). The van der Waals surface area contributed by atoms with E-state index in [-0.39, 0.29) is 17.1 Å². The van der Waals surface area contributed by atoms with Gasteiger partial charge in [-0.1, -0.05) is 44.3 Å². The van der Waals surface area contributed by atoms with E-state index in [1.54, 1.807) is 7.05 Å². The minimum absolute atomic E-state index is 0.00178. The molecule has 1 aliphatic carbocycles. The highest BCUT2D eigenvalue weighted by atomic mass is 32.2. The predicted octanol–water partition coefficient (Wildman–Crippen LogP) is 3.79. The lowest BCUT2D eigenvalue weighted by atomic mass is 9.95. The number of rotatable bonds is 7. The number of thioether (sulfide) groups is 1. The zero-order valence-electron chi connectivity index (χ0n) is 15.7. The van der Waals surface area contributed by atoms with Gasteiger partial charge in [0, 0.05) is 43.1 Å². The quantitative estimate of drug-likeness (QED) is 0.678. The second-order valence-electron chi connectivity index (χ2n) is 6.59. The molecule has 0 aromatic carbocycles. The summed E-state index contributed by atoms with van der Waals surface area (Å²) in [4.78, 5) is 16.6. The Labute approximate surface area is 155 Å². The Morgan fingerprint density at radius 1 is 1.44 bits per heavy atom. The maximum Gasteiger partial charge on any atom is 0.190 e. The molecule has 0 aliphatic heterocycles. The molecule has 0 fully saturated rings. The van der Waals surface area contributed by atoms with E-state index in [4.69, 9.17) is 0 Å². The van der Waals surface area contributed by atoms with E-state index in [9.17, 15) is 9.90 Å². The van der Waals surface area contributed by atoms with Crippen molar-refractivity contribution >= 4 is 22.6 Å². The van der Waals surface area contributed by atoms with Crippen molar-refractivity contribution in [3.05, 3.63) is 58.7 Å². The Hall–Kier alpha value is -1.85. The van der Waals surface area contributed by atoms with Crippen LogP contribution in [-0.4, -0.2) is 36.1 Å². The van der Waals surface area contributed by atoms with E-state index >= 15 is 0 Å². The summed E-state index contributed by atoms with van der Waals surface area (Å²) in [6.45, 7) is 12.1. The monoisotopic (exact) mass is 360 g/mol. The molecule has 0 amide bonds. The zero-order chi connectivity index (χ0) is 19.0. The van der Waals surface area contributed by atoms with Crippen LogP contribution < -0.4 is 5.32 Å². The van der Waals surface area contributed by atoms with Crippen molar-refractivity contribution < 1.29 is 9.90 Å². The smallest absolute Gasteiger partial charge is 0.190 e. The fourth-order valence-electron chi connectivity index (χ4n) is 2.07. The number of aliphatic hydroxyl groups is 1. The molecule has 0 radical (unpaired) electrons. The topological polar surface area (TPSA) is 61.7 Å². The standard InChI is InChI=1S/C20H28N2O2S/c1-7-17-10-16(8-9-18(17)21-6)11-19(25-15(3)24)14(2)22-12-20(4,5)13-23/h7-11,22-23H,2,12-13H2,1,3-6H3/b17-7-,19-11-,21-18?. The summed E-state index contributed by atoms with van der Waals surface area (Å²) in [7, 11) is 1.77. The van der Waals surface area contributed by atoms with Gasteiger partial charge in [0.25, 0.3) is 0 Å². The lowest BCUT2D eigenvalue weighted by Crippen LogP contribution is -2.31. The van der Waals surface area contributed by atoms with Crippen LogP contribution in [0.2, 0.25) is 0 Å². The molecule has 4 nitrogen and oxygen atoms in total. The molecule has 136 valence electrons. The predicted molar refractivity (Wildman–Crippen MR) is 109 cm³/mol. The first kappa shape index (κ1) is 21.2. The summed E-state index contributed by atoms with van der Waals surface area (Å²) >= 11 is 1.15. The average molecular weight is 361 g/mol. The number of nitrogens with one attached hydrogen (secondary N) is 1. The van der Waals surface area contributed by atoms with Crippen molar-refractivity contribution in [1.29, 1.82) is 0 Å². The number of carbonyl (C=O) groups is 1. The van der Waals surface area contributed by atoms with Gasteiger partial charge in [-0.3, -0.25) is 9.79 Å². The minimum Gasteiger partial charge on any atom is -0.396 e. The molecule has 0 atom stereocenters. The second kappa shape index (κ2) is 9.59. The number of carbonyl (C=O) groups excluding carboxylic acids is 1. The summed E-state index contributed by atoms with van der Waals surface area (Å²) in [6.07, 6.45) is 9.92. The van der Waals surface area contributed by atoms with Crippen LogP contribution in [0.1, 0.15) is 27.7 Å². The maximum absolute atomic E-state index is 11.6. The summed E-state index contributed by atoms with van der Waals surface area (Å²) in [5.41, 5.74) is 3.37. The molecule has 0 aromatic rings. The van der Waals surface area contributed by atoms with Crippen LogP contribution in [0.3, 0.4) is 0 Å². The van der Waals surface area contributed by atoms with E-state index in [0.29, 0.717) is 12.2 Å². The number of nitrogens with zero attached hydrogens (tertiary/aromatic N) is 1. The molecule has 1 aliphatic rings. The third kappa shape index (κ3) is 6.88. The highest BCUT2D eigenvalue weighted by Gasteiger charge is 2.18. The van der Waals surface area contributed by atoms with Gasteiger partial charge in [-0.15, -0.1) is 0 Å². The van der Waals surface area contributed by atoms with Crippen LogP contribution in [0.25, 0.3) is 0 Å². The number of allylic oxidation sites excluding steroid dienone is 7. The number of hydrogen-bond donors (Lipinski definition) is 2. The van der Waals surface area contributed by atoms with E-state index in [1.165, 1.54) is 6.92 Å². The Balaban J connectivity index is 3.04. The normalized spacial score (nSPS) is 18.5. The lowest BCUT2D eigenvalue weighted by Gasteiger charge is -2.24. The van der Waals surface area contributed by atoms with Gasteiger partial charge in [0.05, 0.1) is 5.71 Å². The van der Waals surface area contributed by atoms with Crippen LogP contribution in [0.15, 0.2) is 63.7 Å². The SMILES string of the molecule is C=C(NCC(C)(C)CO)/C(=C/C1=CC(=C/C)/C(=NC)C=C1)SC(C)=O. The van der Waals surface area contributed by atoms with E-state index in [2.05, 4.69) is 16.9 Å². The van der Waals surface area contributed by atoms with E-state index < -0.39 is 0 Å². The molecule has 0 spiro atoms. The van der Waals surface area contributed by atoms with Crippen LogP contribution in [-0.2, 0) is 4.79 Å². The van der Waals surface area contributed by atoms with Crippen LogP contribution in [0, 0.1) is 5.41 Å². The van der Waals surface area contributed by atoms with E-state index in [1.807, 2.05) is 51.2 Å². The average Bonchev–Trinajstić information content (AvgIpc) is 2.58. The van der Waals surface area contributed by atoms with Crippen LogP contribution in [0.5, 0.6) is 0 Å². The first-order valence-electron chi connectivity index (χ1n) is 8.20. The Morgan fingerprint density at radius 2 is 2.12 bits per heavy atom. The highest BCUT2D eigenvalue weighted by Crippen LogP contribution is 2.27. The summed E-state index contributed by atoms with van der Waals surface area (Å²) in [5.74, 6) is 0. The number of aliphatic hydroxyl groups excluding tert-OH is 1. The van der Waals surface area contributed by atoms with Crippen LogP contribution >= 0.6 is 11.8 Å². The van der Waals surface area contributed by atoms with Gasteiger partial charge in [0.1, 0.15) is 0 Å². The maximum atomic E-state index is 11.6. The minimum atomic E-state index is -0.260. The van der Waals surface area contributed by atoms with Crippen molar-refractivity contribution in [3.8, 4) is 0 Å². The van der Waals surface area contributed by atoms with Gasteiger partial charge in [-0.2, -0.15) is 0 Å². The second-order valence-corrected chi connectivity index (χ2v) is 7.81. The summed E-state index contributed by atoms with van der Waals surface area (Å²) in [5, 5.41) is 12.6. The molecule has 0 saturated heterocycles. The third-order valence-electron chi connectivity index (χ3n) is 3.66. The molecular weight excluding hydrogens is 332 g/mol. The van der Waals surface area contributed by atoms with Crippen molar-refractivity contribution in [2.24, 2.45) is 10.4 Å². The van der Waals surface area contributed by atoms with Gasteiger partial charge in [0.2, 0.25) is 0 Å². The van der Waals surface area contributed by atoms with Crippen molar-refractivity contribution in [2.45, 2.75) is 27.7 Å². The van der Waals surface area contributed by atoms with Gasteiger partial charge >= 0.3 is 0 Å². The molecule has 5 heteroatoms. The molecule has 0 saturated carbocycles. The Kier molecular flexibility index (Phi) is 8.13. The first-order chi connectivity index (χ1) is 11.7. The van der Waals surface area contributed by atoms with Gasteiger partial charge in [-0.05, 0) is 36.3 Å². The number of aliphatic imine (C=N–C) groups is 1. The fourth-order valence-corrected chi connectivity index (χ4v) is 2.77. The van der Waals surface area contributed by atoms with Crippen molar-refractivity contribution in [1.82, 2.24) is 5.32 Å². The van der Waals surface area contributed by atoms with Gasteiger partial charge in [0.15, 0.2) is 5.12 Å². The largest absolute Gasteiger partial charge is 0.396 e. The van der Waals surface area contributed by atoms with Gasteiger partial charge < -0.3 is 10.4 Å². The molecule has 0 aromatic heterocycles. The Morgan fingerprint density at radius 3 is 2.64 bits per heavy atom. The van der Waals surface area contributed by atoms with Crippen LogP contribution in [0.4, 0.5) is 0 Å². The Bertz CT molecular complexity index is 680. The highest BCUT2D eigenvalue weighted by molar-refractivity contribution is 8.17. The van der Waals surface area contributed by atoms with Gasteiger partial charge in [-0.25, -0.2) is 0 Å². The third-order valence-corrected chi connectivity index (χ3v) is 4.53. The molecule has 0 bridgehead atoms. The first-order valence-corrected chi connectivity index (χ1v) is 9.01. The summed E-state index contributed by atoms with van der Waals surface area (Å²) < 4.78 is 0. The van der Waals surface area contributed by atoms with Crippen molar-refractivity contribution in [2.75, 3.05) is 20.2 Å². The summed E-state index contributed by atoms with van der Waals surface area (Å²) in [6, 6.07) is 0. The molecule has 25 heavy (non-hydrogen) atoms. The fraction of sp³-hybridized carbons (Fsp3) is 0.400.